The van der Waals surface area contributed by atoms with E-state index in [1.54, 1.807) is 12.1 Å². The van der Waals surface area contributed by atoms with Crippen LogP contribution in [-0.2, 0) is 6.42 Å². The smallest absolute Gasteiger partial charge is 0.137 e. The first kappa shape index (κ1) is 15.2. The van der Waals surface area contributed by atoms with E-state index in [-0.39, 0.29) is 5.82 Å². The van der Waals surface area contributed by atoms with Gasteiger partial charge in [-0.3, -0.25) is 0 Å². The van der Waals surface area contributed by atoms with Gasteiger partial charge in [0.05, 0.1) is 10.6 Å². The van der Waals surface area contributed by atoms with Gasteiger partial charge in [0.25, 0.3) is 0 Å². The number of aliphatic hydroxyl groups is 1. The van der Waals surface area contributed by atoms with Gasteiger partial charge in [0.15, 0.2) is 0 Å². The van der Waals surface area contributed by atoms with E-state index < -0.39 is 6.10 Å². The molecule has 20 heavy (non-hydrogen) atoms. The van der Waals surface area contributed by atoms with Crippen LogP contribution in [0.15, 0.2) is 46.9 Å². The molecule has 1 unspecified atom stereocenters. The quantitative estimate of drug-likeness (QED) is 0.833. The van der Waals surface area contributed by atoms with Crippen LogP contribution < -0.4 is 0 Å². The van der Waals surface area contributed by atoms with Gasteiger partial charge in [-0.2, -0.15) is 0 Å². The van der Waals surface area contributed by atoms with Crippen molar-refractivity contribution >= 4 is 15.9 Å². The van der Waals surface area contributed by atoms with Crippen LogP contribution in [0.25, 0.3) is 0 Å². The first-order valence-corrected chi connectivity index (χ1v) is 7.48. The largest absolute Gasteiger partial charge is 0.388 e. The van der Waals surface area contributed by atoms with Crippen molar-refractivity contribution in [1.82, 2.24) is 0 Å². The molecule has 0 saturated heterocycles. The highest BCUT2D eigenvalue weighted by Crippen LogP contribution is 2.24. The van der Waals surface area contributed by atoms with Crippen LogP contribution in [0.3, 0.4) is 0 Å². The molecule has 0 saturated carbocycles. The molecule has 0 aliphatic carbocycles. The predicted octanol–water partition coefficient (Wildman–Crippen LogP) is 4.99. The van der Waals surface area contributed by atoms with E-state index in [0.29, 0.717) is 16.8 Å². The lowest BCUT2D eigenvalue weighted by molar-refractivity contribution is 0.178. The summed E-state index contributed by atoms with van der Waals surface area (Å²) in [7, 11) is 0. The van der Waals surface area contributed by atoms with E-state index in [1.165, 1.54) is 11.6 Å². The molecule has 3 heteroatoms. The van der Waals surface area contributed by atoms with Crippen molar-refractivity contribution in [2.75, 3.05) is 0 Å². The van der Waals surface area contributed by atoms with Crippen molar-refractivity contribution in [3.05, 3.63) is 69.4 Å². The third-order valence-electron chi connectivity index (χ3n) is 3.40. The molecule has 0 radical (unpaired) electrons. The fourth-order valence-corrected chi connectivity index (χ4v) is 2.54. The molecule has 0 fully saturated rings. The minimum Gasteiger partial charge on any atom is -0.388 e. The van der Waals surface area contributed by atoms with Crippen molar-refractivity contribution in [3.63, 3.8) is 0 Å². The minimum atomic E-state index is -0.575. The molecular formula is C17H18BrFO. The molecule has 2 aromatic rings. The van der Waals surface area contributed by atoms with E-state index in [4.69, 9.17) is 0 Å². The van der Waals surface area contributed by atoms with Gasteiger partial charge in [-0.25, -0.2) is 4.39 Å². The maximum absolute atomic E-state index is 13.2. The number of hydrogen-bond donors (Lipinski definition) is 1. The monoisotopic (exact) mass is 336 g/mol. The molecule has 0 aromatic heterocycles. The van der Waals surface area contributed by atoms with Crippen molar-refractivity contribution in [1.29, 1.82) is 0 Å². The first-order chi connectivity index (χ1) is 9.47. The van der Waals surface area contributed by atoms with Crippen LogP contribution in [0.5, 0.6) is 0 Å². The Morgan fingerprint density at radius 3 is 2.20 bits per heavy atom. The Hall–Kier alpha value is -1.19. The van der Waals surface area contributed by atoms with E-state index >= 15 is 0 Å². The molecule has 0 aliphatic heterocycles. The number of benzene rings is 2. The summed E-state index contributed by atoms with van der Waals surface area (Å²) in [6, 6.07) is 12.8. The molecule has 0 heterocycles. The fourth-order valence-electron chi connectivity index (χ4n) is 2.11. The Bertz CT molecular complexity index is 578. The van der Waals surface area contributed by atoms with E-state index in [1.807, 2.05) is 24.3 Å². The Labute approximate surface area is 127 Å². The molecule has 2 aromatic carbocycles. The van der Waals surface area contributed by atoms with Gasteiger partial charge in [-0.15, -0.1) is 0 Å². The summed E-state index contributed by atoms with van der Waals surface area (Å²) in [6.45, 7) is 4.28. The Morgan fingerprint density at radius 1 is 1.05 bits per heavy atom. The Balaban J connectivity index is 2.10. The van der Waals surface area contributed by atoms with E-state index in [9.17, 15) is 9.50 Å². The topological polar surface area (TPSA) is 20.2 Å². The number of aliphatic hydroxyl groups excluding tert-OH is 1. The third-order valence-corrected chi connectivity index (χ3v) is 4.01. The molecular weight excluding hydrogens is 319 g/mol. The fraction of sp³-hybridized carbons (Fsp3) is 0.294. The number of halogens is 2. The normalized spacial score (nSPS) is 12.7. The van der Waals surface area contributed by atoms with Crippen LogP contribution in [0.4, 0.5) is 4.39 Å². The summed E-state index contributed by atoms with van der Waals surface area (Å²) >= 11 is 3.16. The van der Waals surface area contributed by atoms with Gasteiger partial charge in [0.1, 0.15) is 5.82 Å². The molecule has 0 aliphatic rings. The maximum Gasteiger partial charge on any atom is 0.137 e. The number of hydrogen-bond acceptors (Lipinski definition) is 1. The summed E-state index contributed by atoms with van der Waals surface area (Å²) < 4.78 is 13.6. The van der Waals surface area contributed by atoms with Gasteiger partial charge in [0.2, 0.25) is 0 Å². The second-order valence-electron chi connectivity index (χ2n) is 5.29. The first-order valence-electron chi connectivity index (χ1n) is 6.69. The molecule has 0 spiro atoms. The van der Waals surface area contributed by atoms with Crippen LogP contribution >= 0.6 is 15.9 Å². The van der Waals surface area contributed by atoms with Gasteiger partial charge < -0.3 is 5.11 Å². The molecule has 0 bridgehead atoms. The van der Waals surface area contributed by atoms with Gasteiger partial charge >= 0.3 is 0 Å². The highest BCUT2D eigenvalue weighted by atomic mass is 79.9. The number of rotatable bonds is 4. The Kier molecular flexibility index (Phi) is 4.95. The molecule has 2 rings (SSSR count). The zero-order chi connectivity index (χ0) is 14.7. The lowest BCUT2D eigenvalue weighted by Gasteiger charge is -2.13. The van der Waals surface area contributed by atoms with E-state index in [0.717, 1.165) is 11.1 Å². The average molecular weight is 337 g/mol. The summed E-state index contributed by atoms with van der Waals surface area (Å²) in [5.74, 6) is 0.193. The Morgan fingerprint density at radius 2 is 1.65 bits per heavy atom. The van der Waals surface area contributed by atoms with Crippen molar-refractivity contribution in [2.24, 2.45) is 0 Å². The van der Waals surface area contributed by atoms with Crippen LogP contribution in [-0.4, -0.2) is 5.11 Å². The van der Waals surface area contributed by atoms with E-state index in [2.05, 4.69) is 29.8 Å². The summed E-state index contributed by atoms with van der Waals surface area (Å²) in [6.07, 6.45) is -0.103. The molecule has 0 amide bonds. The predicted molar refractivity (Wildman–Crippen MR) is 83.3 cm³/mol. The highest BCUT2D eigenvalue weighted by Gasteiger charge is 2.10. The van der Waals surface area contributed by atoms with Gasteiger partial charge in [-0.1, -0.05) is 44.2 Å². The van der Waals surface area contributed by atoms with Crippen LogP contribution in [0.1, 0.15) is 42.6 Å². The summed E-state index contributed by atoms with van der Waals surface area (Å²) in [4.78, 5) is 0. The zero-order valence-corrected chi connectivity index (χ0v) is 13.2. The SMILES string of the molecule is CC(C)c1ccc(C(O)Cc2ccc(F)c(Br)c2)cc1. The standard InChI is InChI=1S/C17H18BrFO/c1-11(2)13-4-6-14(7-5-13)17(20)10-12-3-8-16(19)15(18)9-12/h3-9,11,17,20H,10H2,1-2H3. The summed E-state index contributed by atoms with van der Waals surface area (Å²) in [5.41, 5.74) is 3.04. The zero-order valence-electron chi connectivity index (χ0n) is 11.6. The molecule has 106 valence electrons. The highest BCUT2D eigenvalue weighted by molar-refractivity contribution is 9.10. The van der Waals surface area contributed by atoms with Crippen molar-refractivity contribution in [2.45, 2.75) is 32.3 Å². The van der Waals surface area contributed by atoms with Gasteiger partial charge in [0, 0.05) is 6.42 Å². The lowest BCUT2D eigenvalue weighted by Crippen LogP contribution is -2.02. The second-order valence-corrected chi connectivity index (χ2v) is 6.14. The maximum atomic E-state index is 13.2. The second kappa shape index (κ2) is 6.51. The van der Waals surface area contributed by atoms with Crippen LogP contribution in [0.2, 0.25) is 0 Å². The van der Waals surface area contributed by atoms with Crippen molar-refractivity contribution < 1.29 is 9.50 Å². The third kappa shape index (κ3) is 3.68. The molecule has 1 nitrogen and oxygen atoms in total. The molecule has 1 N–H and O–H groups in total. The summed E-state index contributed by atoms with van der Waals surface area (Å²) in [5, 5.41) is 10.3. The lowest BCUT2D eigenvalue weighted by atomic mass is 9.97. The van der Waals surface area contributed by atoms with Crippen LogP contribution in [0, 0.1) is 5.82 Å². The average Bonchev–Trinajstić information content (AvgIpc) is 2.43. The minimum absolute atomic E-state index is 0.287. The molecule has 1 atom stereocenters. The van der Waals surface area contributed by atoms with Crippen molar-refractivity contribution in [3.8, 4) is 0 Å². The van der Waals surface area contributed by atoms with Gasteiger partial charge in [-0.05, 0) is 50.7 Å².